The van der Waals surface area contributed by atoms with Gasteiger partial charge in [0, 0.05) is 24.6 Å². The molecular formula is C23H25N5OS3. The average molecular weight is 484 g/mol. The second-order valence-corrected chi connectivity index (χ2v) is 10.3. The lowest BCUT2D eigenvalue weighted by Crippen LogP contribution is -2.24. The first-order chi connectivity index (χ1) is 15.4. The Kier molecular flexibility index (Phi) is 6.78. The first-order valence-electron chi connectivity index (χ1n) is 10.3. The molecule has 0 unspecified atom stereocenters. The van der Waals surface area contributed by atoms with Gasteiger partial charge in [-0.1, -0.05) is 35.5 Å². The lowest BCUT2D eigenvalue weighted by molar-refractivity contribution is -0.115. The molecule has 0 saturated carbocycles. The quantitative estimate of drug-likeness (QED) is 0.285. The Labute approximate surface area is 200 Å². The van der Waals surface area contributed by atoms with Gasteiger partial charge in [-0.15, -0.1) is 32.9 Å². The topological polar surface area (TPSA) is 63.9 Å². The Morgan fingerprint density at radius 2 is 1.91 bits per heavy atom. The van der Waals surface area contributed by atoms with Gasteiger partial charge in [0.05, 0.1) is 16.3 Å². The van der Waals surface area contributed by atoms with E-state index in [4.69, 9.17) is 4.98 Å². The number of aryl methyl sites for hydroxylation is 3. The van der Waals surface area contributed by atoms with Crippen LogP contribution in [0, 0.1) is 20.8 Å². The molecule has 32 heavy (non-hydrogen) atoms. The molecule has 9 heteroatoms. The highest BCUT2D eigenvalue weighted by atomic mass is 32.2. The fraction of sp³-hybridized carbons (Fsp3) is 0.304. The number of nitrogens with zero attached hydrogens (tertiary/aromatic N) is 5. The van der Waals surface area contributed by atoms with Crippen LogP contribution in [0.1, 0.15) is 36.2 Å². The van der Waals surface area contributed by atoms with Crippen LogP contribution in [0.4, 0.5) is 10.8 Å². The minimum Gasteiger partial charge on any atom is -0.302 e. The number of rotatable bonds is 7. The Morgan fingerprint density at radius 1 is 1.16 bits per heavy atom. The summed E-state index contributed by atoms with van der Waals surface area (Å²) in [5, 5.41) is 14.4. The second-order valence-electron chi connectivity index (χ2n) is 7.54. The molecule has 0 N–H and O–H groups in total. The molecule has 0 saturated heterocycles. The molecule has 6 nitrogen and oxygen atoms in total. The van der Waals surface area contributed by atoms with Crippen LogP contribution in [0.25, 0.3) is 10.7 Å². The van der Waals surface area contributed by atoms with E-state index < -0.39 is 0 Å². The third kappa shape index (κ3) is 4.51. The number of carbonyl (C=O) groups is 1. The molecule has 0 aliphatic heterocycles. The number of carbonyl (C=O) groups excluding carboxylic acids is 1. The summed E-state index contributed by atoms with van der Waals surface area (Å²) in [5.74, 6) is 1.52. The molecule has 0 fully saturated rings. The first-order valence-corrected chi connectivity index (χ1v) is 13.1. The number of thiazole rings is 1. The largest absolute Gasteiger partial charge is 0.302 e. The molecule has 0 aliphatic rings. The van der Waals surface area contributed by atoms with Crippen molar-refractivity contribution in [2.75, 3.05) is 4.90 Å². The number of thioether (sulfide) groups is 1. The highest BCUT2D eigenvalue weighted by Gasteiger charge is 2.22. The maximum absolute atomic E-state index is 12.6. The van der Waals surface area contributed by atoms with Crippen molar-refractivity contribution in [3.63, 3.8) is 0 Å². The Balaban J connectivity index is 1.56. The van der Waals surface area contributed by atoms with Gasteiger partial charge in [0.2, 0.25) is 5.91 Å². The van der Waals surface area contributed by atoms with Gasteiger partial charge in [-0.2, -0.15) is 0 Å². The van der Waals surface area contributed by atoms with E-state index in [0.29, 0.717) is 10.9 Å². The summed E-state index contributed by atoms with van der Waals surface area (Å²) in [7, 11) is 0. The van der Waals surface area contributed by atoms with Crippen molar-refractivity contribution in [1.29, 1.82) is 0 Å². The maximum Gasteiger partial charge on any atom is 0.230 e. The number of hydrogen-bond donors (Lipinski definition) is 0. The van der Waals surface area contributed by atoms with E-state index in [0.717, 1.165) is 44.9 Å². The molecule has 3 aromatic heterocycles. The number of amides is 1. The van der Waals surface area contributed by atoms with E-state index in [1.165, 1.54) is 16.9 Å². The average Bonchev–Trinajstić information content (AvgIpc) is 3.48. The number of thiophene rings is 1. The number of hydrogen-bond acceptors (Lipinski definition) is 7. The first kappa shape index (κ1) is 22.7. The van der Waals surface area contributed by atoms with Gasteiger partial charge in [-0.25, -0.2) is 4.98 Å². The highest BCUT2D eigenvalue weighted by molar-refractivity contribution is 7.98. The molecule has 1 amide bonds. The van der Waals surface area contributed by atoms with Crippen LogP contribution in [0.5, 0.6) is 0 Å². The van der Waals surface area contributed by atoms with Crippen LogP contribution in [0.2, 0.25) is 0 Å². The molecule has 4 rings (SSSR count). The monoisotopic (exact) mass is 483 g/mol. The molecular weight excluding hydrogens is 458 g/mol. The van der Waals surface area contributed by atoms with E-state index >= 15 is 0 Å². The normalized spacial score (nSPS) is 11.2. The van der Waals surface area contributed by atoms with Crippen molar-refractivity contribution in [2.24, 2.45) is 0 Å². The number of anilines is 2. The molecule has 3 heterocycles. The van der Waals surface area contributed by atoms with Gasteiger partial charge in [-0.3, -0.25) is 9.69 Å². The van der Waals surface area contributed by atoms with Gasteiger partial charge >= 0.3 is 0 Å². The SMILES string of the molecule is CCn1c(SCc2csc(N(C(C)=O)c3c(C)cc(C)cc3C)n2)nnc1-c1cccs1. The minimum atomic E-state index is -0.0417. The predicted octanol–water partition coefficient (Wildman–Crippen LogP) is 6.39. The second kappa shape index (κ2) is 9.56. The van der Waals surface area contributed by atoms with Crippen LogP contribution in [-0.4, -0.2) is 25.7 Å². The van der Waals surface area contributed by atoms with Gasteiger partial charge < -0.3 is 4.57 Å². The third-order valence-corrected chi connectivity index (χ3v) is 7.77. The molecule has 0 aliphatic carbocycles. The lowest BCUT2D eigenvalue weighted by atomic mass is 10.0. The molecule has 1 aromatic carbocycles. The Morgan fingerprint density at radius 3 is 2.53 bits per heavy atom. The van der Waals surface area contributed by atoms with Crippen molar-refractivity contribution >= 4 is 51.2 Å². The van der Waals surface area contributed by atoms with Crippen LogP contribution >= 0.6 is 34.4 Å². The fourth-order valence-corrected chi connectivity index (χ4v) is 6.38. The number of aromatic nitrogens is 4. The van der Waals surface area contributed by atoms with E-state index in [2.05, 4.69) is 46.8 Å². The van der Waals surface area contributed by atoms with Crippen molar-refractivity contribution < 1.29 is 4.79 Å². The zero-order valence-electron chi connectivity index (χ0n) is 18.7. The molecule has 4 aromatic rings. The lowest BCUT2D eigenvalue weighted by Gasteiger charge is -2.23. The molecule has 0 spiro atoms. The van der Waals surface area contributed by atoms with Gasteiger partial charge in [-0.05, 0) is 50.3 Å². The van der Waals surface area contributed by atoms with Crippen molar-refractivity contribution in [3.8, 4) is 10.7 Å². The molecule has 0 atom stereocenters. The van der Waals surface area contributed by atoms with Crippen molar-refractivity contribution in [1.82, 2.24) is 19.7 Å². The van der Waals surface area contributed by atoms with E-state index in [1.54, 1.807) is 34.9 Å². The Bertz CT molecular complexity index is 1220. The third-order valence-electron chi connectivity index (χ3n) is 5.03. The Hall–Kier alpha value is -2.49. The summed E-state index contributed by atoms with van der Waals surface area (Å²) < 4.78 is 2.13. The van der Waals surface area contributed by atoms with E-state index in [1.807, 2.05) is 30.7 Å². The maximum atomic E-state index is 12.6. The predicted molar refractivity (Wildman–Crippen MR) is 134 cm³/mol. The minimum absolute atomic E-state index is 0.0417. The molecule has 0 radical (unpaired) electrons. The van der Waals surface area contributed by atoms with Crippen LogP contribution in [-0.2, 0) is 17.1 Å². The van der Waals surface area contributed by atoms with Gasteiger partial charge in [0.25, 0.3) is 0 Å². The van der Waals surface area contributed by atoms with Crippen LogP contribution < -0.4 is 4.90 Å². The summed E-state index contributed by atoms with van der Waals surface area (Å²) in [6.07, 6.45) is 0. The van der Waals surface area contributed by atoms with Crippen molar-refractivity contribution in [2.45, 2.75) is 52.1 Å². The highest BCUT2D eigenvalue weighted by Crippen LogP contribution is 2.36. The fourth-order valence-electron chi connectivity index (χ4n) is 3.79. The van der Waals surface area contributed by atoms with Crippen LogP contribution in [0.15, 0.2) is 40.2 Å². The standard InChI is InChI=1S/C23H25N5OS3/c1-6-27-21(19-8-7-9-30-19)25-26-23(27)32-13-18-12-31-22(24-18)28(17(5)29)20-15(3)10-14(2)11-16(20)4/h7-12H,6,13H2,1-5H3. The summed E-state index contributed by atoms with van der Waals surface area (Å²) >= 11 is 4.77. The van der Waals surface area contributed by atoms with E-state index in [-0.39, 0.29) is 5.91 Å². The van der Waals surface area contributed by atoms with E-state index in [9.17, 15) is 4.79 Å². The summed E-state index contributed by atoms with van der Waals surface area (Å²) in [5.41, 5.74) is 5.17. The zero-order valence-corrected chi connectivity index (χ0v) is 21.2. The number of benzene rings is 1. The van der Waals surface area contributed by atoms with Gasteiger partial charge in [0.1, 0.15) is 0 Å². The molecule has 166 valence electrons. The summed E-state index contributed by atoms with van der Waals surface area (Å²) in [6.45, 7) is 10.6. The summed E-state index contributed by atoms with van der Waals surface area (Å²) in [6, 6.07) is 8.29. The van der Waals surface area contributed by atoms with Gasteiger partial charge in [0.15, 0.2) is 16.1 Å². The summed E-state index contributed by atoms with van der Waals surface area (Å²) in [4.78, 5) is 20.2. The smallest absolute Gasteiger partial charge is 0.230 e. The molecule has 0 bridgehead atoms. The van der Waals surface area contributed by atoms with Crippen molar-refractivity contribution in [3.05, 3.63) is 57.4 Å². The van der Waals surface area contributed by atoms with Crippen LogP contribution in [0.3, 0.4) is 0 Å². The zero-order chi connectivity index (χ0) is 22.8.